The standard InChI is InChI=1S/C18H20N2OS/c1-12-3-2-4-13(9-12)16-5-6-17(22-16)18(21)19-15-11-20-8-7-14(15)10-20/h2-6,9,14-15H,7-8,10-11H2,1H3,(H,19,21)/t14-,15?/m0/s1. The maximum Gasteiger partial charge on any atom is 0.261 e. The summed E-state index contributed by atoms with van der Waals surface area (Å²) in [4.78, 5) is 16.9. The summed E-state index contributed by atoms with van der Waals surface area (Å²) in [6.45, 7) is 5.47. The van der Waals surface area contributed by atoms with Crippen molar-refractivity contribution in [2.75, 3.05) is 19.6 Å². The fraction of sp³-hybridized carbons (Fsp3) is 0.389. The molecule has 4 heteroatoms. The van der Waals surface area contributed by atoms with Crippen molar-refractivity contribution in [3.05, 3.63) is 46.8 Å². The molecule has 2 bridgehead atoms. The molecule has 22 heavy (non-hydrogen) atoms. The van der Waals surface area contributed by atoms with E-state index < -0.39 is 0 Å². The van der Waals surface area contributed by atoms with Crippen LogP contribution in [0.15, 0.2) is 36.4 Å². The highest BCUT2D eigenvalue weighted by atomic mass is 32.1. The predicted octanol–water partition coefficient (Wildman–Crippen LogP) is 3.16. The first-order chi connectivity index (χ1) is 10.7. The Hall–Kier alpha value is -1.65. The van der Waals surface area contributed by atoms with Crippen LogP contribution >= 0.6 is 11.3 Å². The monoisotopic (exact) mass is 312 g/mol. The van der Waals surface area contributed by atoms with E-state index in [9.17, 15) is 4.79 Å². The molecule has 0 spiro atoms. The maximum atomic E-state index is 12.5. The van der Waals surface area contributed by atoms with E-state index in [1.165, 1.54) is 24.1 Å². The number of nitrogens with one attached hydrogen (secondary N) is 1. The van der Waals surface area contributed by atoms with Gasteiger partial charge in [-0.05, 0) is 43.5 Å². The Labute approximate surface area is 135 Å². The topological polar surface area (TPSA) is 32.3 Å². The third-order valence-corrected chi connectivity index (χ3v) is 5.91. The fourth-order valence-electron chi connectivity index (χ4n) is 3.60. The van der Waals surface area contributed by atoms with Gasteiger partial charge in [0.15, 0.2) is 0 Å². The summed E-state index contributed by atoms with van der Waals surface area (Å²) in [6, 6.07) is 12.8. The van der Waals surface area contributed by atoms with Gasteiger partial charge in [-0.2, -0.15) is 0 Å². The molecule has 2 unspecified atom stereocenters. The summed E-state index contributed by atoms with van der Waals surface area (Å²) in [6.07, 6.45) is 1.23. The first-order valence-corrected chi connectivity index (χ1v) is 8.71. The molecule has 3 heterocycles. The molecule has 3 nitrogen and oxygen atoms in total. The van der Waals surface area contributed by atoms with Crippen LogP contribution in [-0.2, 0) is 0 Å². The molecular weight excluding hydrogens is 292 g/mol. The molecule has 2 aliphatic heterocycles. The van der Waals surface area contributed by atoms with Crippen LogP contribution in [-0.4, -0.2) is 36.5 Å². The number of rotatable bonds is 3. The Bertz CT molecular complexity index is 709. The van der Waals surface area contributed by atoms with E-state index in [0.29, 0.717) is 12.0 Å². The number of thiophene rings is 1. The molecule has 2 aromatic rings. The van der Waals surface area contributed by atoms with E-state index in [2.05, 4.69) is 47.5 Å². The van der Waals surface area contributed by atoms with Gasteiger partial charge in [-0.1, -0.05) is 29.8 Å². The van der Waals surface area contributed by atoms with Gasteiger partial charge in [0.1, 0.15) is 0 Å². The first-order valence-electron chi connectivity index (χ1n) is 7.89. The lowest BCUT2D eigenvalue weighted by molar-refractivity contribution is 0.0928. The second-order valence-electron chi connectivity index (χ2n) is 6.42. The van der Waals surface area contributed by atoms with Gasteiger partial charge in [-0.3, -0.25) is 4.79 Å². The first kappa shape index (κ1) is 14.0. The van der Waals surface area contributed by atoms with Crippen molar-refractivity contribution in [1.29, 1.82) is 0 Å². The van der Waals surface area contributed by atoms with E-state index >= 15 is 0 Å². The zero-order valence-corrected chi connectivity index (χ0v) is 13.5. The Morgan fingerprint density at radius 3 is 2.91 bits per heavy atom. The van der Waals surface area contributed by atoms with E-state index in [4.69, 9.17) is 0 Å². The van der Waals surface area contributed by atoms with Crippen molar-refractivity contribution in [3.63, 3.8) is 0 Å². The molecule has 2 fully saturated rings. The molecule has 1 amide bonds. The molecule has 1 aromatic carbocycles. The number of amides is 1. The lowest BCUT2D eigenvalue weighted by Crippen LogP contribution is -2.42. The molecule has 1 N–H and O–H groups in total. The number of aryl methyl sites for hydroxylation is 1. The van der Waals surface area contributed by atoms with E-state index in [1.54, 1.807) is 11.3 Å². The van der Waals surface area contributed by atoms with Crippen LogP contribution in [0.5, 0.6) is 0 Å². The SMILES string of the molecule is Cc1cccc(-c2ccc(C(=O)NC3CN4CC[C@H]3C4)s2)c1. The van der Waals surface area contributed by atoms with Gasteiger partial charge in [0, 0.05) is 24.0 Å². The van der Waals surface area contributed by atoms with Crippen LogP contribution in [0.2, 0.25) is 0 Å². The third-order valence-electron chi connectivity index (χ3n) is 4.78. The largest absolute Gasteiger partial charge is 0.347 e. The number of nitrogens with zero attached hydrogens (tertiary/aromatic N) is 1. The lowest BCUT2D eigenvalue weighted by Gasteiger charge is -2.22. The smallest absolute Gasteiger partial charge is 0.261 e. The van der Waals surface area contributed by atoms with E-state index in [1.807, 2.05) is 6.07 Å². The lowest BCUT2D eigenvalue weighted by atomic mass is 10.00. The van der Waals surface area contributed by atoms with Crippen LogP contribution in [0.25, 0.3) is 10.4 Å². The minimum absolute atomic E-state index is 0.0858. The highest BCUT2D eigenvalue weighted by Gasteiger charge is 2.38. The van der Waals surface area contributed by atoms with Crippen LogP contribution in [0.3, 0.4) is 0 Å². The quantitative estimate of drug-likeness (QED) is 0.944. The Kier molecular flexibility index (Phi) is 3.51. The number of fused-ring (bicyclic) bond motifs is 2. The Balaban J connectivity index is 1.48. The van der Waals surface area contributed by atoms with Crippen molar-refractivity contribution in [1.82, 2.24) is 10.2 Å². The van der Waals surface area contributed by atoms with Crippen LogP contribution in [0.1, 0.15) is 21.7 Å². The number of piperidine rings is 1. The number of hydrogen-bond donors (Lipinski definition) is 1. The molecular formula is C18H20N2OS. The van der Waals surface area contributed by atoms with Crippen molar-refractivity contribution in [3.8, 4) is 10.4 Å². The molecule has 3 atom stereocenters. The van der Waals surface area contributed by atoms with Gasteiger partial charge in [0.2, 0.25) is 0 Å². The number of carbonyl (C=O) groups is 1. The molecule has 0 aliphatic carbocycles. The van der Waals surface area contributed by atoms with Gasteiger partial charge >= 0.3 is 0 Å². The predicted molar refractivity (Wildman–Crippen MR) is 90.3 cm³/mol. The summed E-state index contributed by atoms with van der Waals surface area (Å²) in [7, 11) is 0. The van der Waals surface area contributed by atoms with Gasteiger partial charge in [0.25, 0.3) is 5.91 Å². The number of benzene rings is 1. The molecule has 1 aromatic heterocycles. The number of hydrogen-bond acceptors (Lipinski definition) is 3. The Morgan fingerprint density at radius 1 is 1.27 bits per heavy atom. The van der Waals surface area contributed by atoms with E-state index in [0.717, 1.165) is 22.8 Å². The average molecular weight is 312 g/mol. The minimum Gasteiger partial charge on any atom is -0.347 e. The summed E-state index contributed by atoms with van der Waals surface area (Å²) in [5, 5.41) is 3.23. The summed E-state index contributed by atoms with van der Waals surface area (Å²) in [5.74, 6) is 0.739. The summed E-state index contributed by atoms with van der Waals surface area (Å²) < 4.78 is 0. The highest BCUT2D eigenvalue weighted by Crippen LogP contribution is 2.30. The molecule has 0 radical (unpaired) electrons. The molecule has 4 rings (SSSR count). The zero-order chi connectivity index (χ0) is 15.1. The molecule has 2 aliphatic rings. The summed E-state index contributed by atoms with van der Waals surface area (Å²) in [5.41, 5.74) is 2.43. The third kappa shape index (κ3) is 2.57. The minimum atomic E-state index is 0.0858. The van der Waals surface area contributed by atoms with Crippen LogP contribution in [0, 0.1) is 12.8 Å². The highest BCUT2D eigenvalue weighted by molar-refractivity contribution is 7.17. The molecule has 0 saturated carbocycles. The molecule has 114 valence electrons. The van der Waals surface area contributed by atoms with Gasteiger partial charge in [-0.25, -0.2) is 0 Å². The van der Waals surface area contributed by atoms with Crippen LogP contribution < -0.4 is 5.32 Å². The van der Waals surface area contributed by atoms with Gasteiger partial charge in [-0.15, -0.1) is 11.3 Å². The van der Waals surface area contributed by atoms with Gasteiger partial charge in [0.05, 0.1) is 4.88 Å². The fourth-order valence-corrected chi connectivity index (χ4v) is 4.51. The second kappa shape index (κ2) is 5.52. The van der Waals surface area contributed by atoms with Crippen molar-refractivity contribution in [2.24, 2.45) is 5.92 Å². The maximum absolute atomic E-state index is 12.5. The average Bonchev–Trinajstić information content (AvgIpc) is 3.23. The normalized spacial score (nSPS) is 26.3. The molecule has 2 saturated heterocycles. The Morgan fingerprint density at radius 2 is 2.18 bits per heavy atom. The van der Waals surface area contributed by atoms with Crippen LogP contribution in [0.4, 0.5) is 0 Å². The summed E-state index contributed by atoms with van der Waals surface area (Å²) >= 11 is 1.58. The van der Waals surface area contributed by atoms with Crippen molar-refractivity contribution < 1.29 is 4.79 Å². The second-order valence-corrected chi connectivity index (χ2v) is 7.51. The van der Waals surface area contributed by atoms with E-state index in [-0.39, 0.29) is 5.91 Å². The van der Waals surface area contributed by atoms with Crippen molar-refractivity contribution in [2.45, 2.75) is 19.4 Å². The van der Waals surface area contributed by atoms with Crippen molar-refractivity contribution >= 4 is 17.2 Å². The zero-order valence-electron chi connectivity index (χ0n) is 12.7. The number of carbonyl (C=O) groups excluding carboxylic acids is 1. The van der Waals surface area contributed by atoms with Gasteiger partial charge < -0.3 is 10.2 Å².